The molecule has 136 valence electrons. The Kier molecular flexibility index (Phi) is 7.28. The van der Waals surface area contributed by atoms with Gasteiger partial charge in [-0.05, 0) is 65.0 Å². The fourth-order valence-electron chi connectivity index (χ4n) is 3.69. The number of allylic oxidation sites excluding steroid dienone is 1. The molecule has 2 aliphatic rings. The molecule has 0 saturated carbocycles. The number of nitrogens with zero attached hydrogens (tertiary/aromatic N) is 2. The highest BCUT2D eigenvalue weighted by molar-refractivity contribution is 5.81. The molecule has 1 aliphatic heterocycles. The molecule has 5 heteroatoms. The first-order chi connectivity index (χ1) is 11.5. The Morgan fingerprint density at radius 1 is 1.29 bits per heavy atom. The number of hydrogen-bond donors (Lipinski definition) is 1. The number of likely N-dealkylation sites (tertiary alicyclic amines) is 1. The van der Waals surface area contributed by atoms with Crippen LogP contribution in [-0.4, -0.2) is 61.4 Å². The van der Waals surface area contributed by atoms with Gasteiger partial charge in [-0.25, -0.2) is 0 Å². The van der Waals surface area contributed by atoms with Crippen LogP contribution in [0.1, 0.15) is 51.9 Å². The summed E-state index contributed by atoms with van der Waals surface area (Å²) < 4.78 is 0. The van der Waals surface area contributed by atoms with Crippen molar-refractivity contribution < 1.29 is 9.59 Å². The van der Waals surface area contributed by atoms with E-state index >= 15 is 0 Å². The lowest BCUT2D eigenvalue weighted by Gasteiger charge is -2.35. The number of piperidine rings is 1. The Labute approximate surface area is 146 Å². The molecule has 24 heavy (non-hydrogen) atoms. The number of carbonyl (C=O) groups is 2. The van der Waals surface area contributed by atoms with Crippen molar-refractivity contribution in [1.82, 2.24) is 15.1 Å². The molecule has 0 spiro atoms. The van der Waals surface area contributed by atoms with Crippen LogP contribution in [0.4, 0.5) is 0 Å². The second-order valence-electron chi connectivity index (χ2n) is 7.37. The monoisotopic (exact) mass is 335 g/mol. The van der Waals surface area contributed by atoms with E-state index in [1.807, 2.05) is 21.0 Å². The summed E-state index contributed by atoms with van der Waals surface area (Å²) in [4.78, 5) is 28.3. The molecule has 1 N–H and O–H groups in total. The van der Waals surface area contributed by atoms with E-state index in [-0.39, 0.29) is 23.8 Å². The maximum Gasteiger partial charge on any atom is 0.237 e. The molecule has 0 aromatic carbocycles. The van der Waals surface area contributed by atoms with E-state index in [4.69, 9.17) is 0 Å². The van der Waals surface area contributed by atoms with Gasteiger partial charge in [-0.15, -0.1) is 0 Å². The Bertz CT molecular complexity index is 465. The predicted octanol–water partition coefficient (Wildman–Crippen LogP) is 2.18. The van der Waals surface area contributed by atoms with Gasteiger partial charge >= 0.3 is 0 Å². The molecular formula is C19H33N3O2. The largest absolute Gasteiger partial charge is 0.354 e. The van der Waals surface area contributed by atoms with Gasteiger partial charge in [0.25, 0.3) is 0 Å². The molecule has 5 nitrogen and oxygen atoms in total. The summed E-state index contributed by atoms with van der Waals surface area (Å²) >= 11 is 0. The standard InChI is InChI=1S/C19H33N3O2/c1-15(18(23)20-12-9-16-7-5-4-6-8-16)22-13-10-17(11-14-22)19(24)21(2)3/h7,15,17H,4-6,8-14H2,1-3H3,(H,20,23). The van der Waals surface area contributed by atoms with Crippen molar-refractivity contribution in [3.63, 3.8) is 0 Å². The second kappa shape index (κ2) is 9.21. The maximum absolute atomic E-state index is 12.4. The van der Waals surface area contributed by atoms with Crippen LogP contribution in [0.15, 0.2) is 11.6 Å². The predicted molar refractivity (Wildman–Crippen MR) is 96.6 cm³/mol. The third kappa shape index (κ3) is 5.33. The van der Waals surface area contributed by atoms with Crippen LogP contribution < -0.4 is 5.32 Å². The van der Waals surface area contributed by atoms with Gasteiger partial charge in [-0.3, -0.25) is 14.5 Å². The first-order valence-corrected chi connectivity index (χ1v) is 9.40. The normalized spacial score (nSPS) is 21.0. The molecule has 2 rings (SSSR count). The van der Waals surface area contributed by atoms with E-state index in [1.54, 1.807) is 4.90 Å². The van der Waals surface area contributed by atoms with Crippen molar-refractivity contribution in [3.05, 3.63) is 11.6 Å². The van der Waals surface area contributed by atoms with Crippen LogP contribution in [0.3, 0.4) is 0 Å². The number of carbonyl (C=O) groups excluding carboxylic acids is 2. The summed E-state index contributed by atoms with van der Waals surface area (Å²) in [5.74, 6) is 0.445. The van der Waals surface area contributed by atoms with Gasteiger partial charge in [0.2, 0.25) is 11.8 Å². The van der Waals surface area contributed by atoms with Crippen LogP contribution in [0.5, 0.6) is 0 Å². The number of hydrogen-bond acceptors (Lipinski definition) is 3. The lowest BCUT2D eigenvalue weighted by molar-refractivity contribution is -0.135. The molecule has 0 aromatic heterocycles. The van der Waals surface area contributed by atoms with Crippen molar-refractivity contribution >= 4 is 11.8 Å². The fourth-order valence-corrected chi connectivity index (χ4v) is 3.69. The third-order valence-electron chi connectivity index (χ3n) is 5.38. The summed E-state index contributed by atoms with van der Waals surface area (Å²) in [6, 6.07) is -0.110. The zero-order chi connectivity index (χ0) is 17.5. The zero-order valence-corrected chi connectivity index (χ0v) is 15.5. The first-order valence-electron chi connectivity index (χ1n) is 9.40. The molecule has 1 fully saturated rings. The molecule has 1 saturated heterocycles. The van der Waals surface area contributed by atoms with Crippen LogP contribution in [-0.2, 0) is 9.59 Å². The minimum absolute atomic E-state index is 0.110. The molecule has 0 bridgehead atoms. The summed E-state index contributed by atoms with van der Waals surface area (Å²) in [7, 11) is 3.62. The van der Waals surface area contributed by atoms with Crippen LogP contribution >= 0.6 is 0 Å². The Balaban J connectivity index is 1.69. The van der Waals surface area contributed by atoms with Gasteiger partial charge < -0.3 is 10.2 Å². The van der Waals surface area contributed by atoms with E-state index in [2.05, 4.69) is 16.3 Å². The van der Waals surface area contributed by atoms with E-state index in [1.165, 1.54) is 31.3 Å². The summed E-state index contributed by atoms with van der Waals surface area (Å²) in [6.45, 7) is 4.36. The highest BCUT2D eigenvalue weighted by Crippen LogP contribution is 2.21. The highest BCUT2D eigenvalue weighted by atomic mass is 16.2. The summed E-state index contributed by atoms with van der Waals surface area (Å²) in [6.07, 6.45) is 10.0. The molecule has 0 radical (unpaired) electrons. The van der Waals surface area contributed by atoms with Gasteiger partial charge in [-0.1, -0.05) is 11.6 Å². The average molecular weight is 335 g/mol. The number of rotatable bonds is 6. The number of amides is 2. The van der Waals surface area contributed by atoms with Gasteiger partial charge in [0.15, 0.2) is 0 Å². The van der Waals surface area contributed by atoms with E-state index in [9.17, 15) is 9.59 Å². The lowest BCUT2D eigenvalue weighted by atomic mass is 9.94. The quantitative estimate of drug-likeness (QED) is 0.757. The molecule has 1 heterocycles. The van der Waals surface area contributed by atoms with Gasteiger partial charge in [0.05, 0.1) is 6.04 Å². The maximum atomic E-state index is 12.4. The molecule has 2 amide bonds. The van der Waals surface area contributed by atoms with Crippen molar-refractivity contribution in [3.8, 4) is 0 Å². The van der Waals surface area contributed by atoms with Crippen LogP contribution in [0.25, 0.3) is 0 Å². The Morgan fingerprint density at radius 2 is 2.00 bits per heavy atom. The molecule has 1 unspecified atom stereocenters. The Hall–Kier alpha value is -1.36. The van der Waals surface area contributed by atoms with Gasteiger partial charge in [-0.2, -0.15) is 0 Å². The SMILES string of the molecule is CC(C(=O)NCCC1=CCCCC1)N1CCC(C(=O)N(C)C)CC1. The highest BCUT2D eigenvalue weighted by Gasteiger charge is 2.30. The first kappa shape index (κ1) is 19.0. The molecule has 0 aromatic rings. The minimum atomic E-state index is -0.110. The average Bonchev–Trinajstić information content (AvgIpc) is 2.61. The van der Waals surface area contributed by atoms with Crippen molar-refractivity contribution in [2.45, 2.75) is 57.9 Å². The third-order valence-corrected chi connectivity index (χ3v) is 5.38. The fraction of sp³-hybridized carbons (Fsp3) is 0.789. The number of nitrogens with one attached hydrogen (secondary N) is 1. The zero-order valence-electron chi connectivity index (χ0n) is 15.5. The topological polar surface area (TPSA) is 52.7 Å². The van der Waals surface area contributed by atoms with Crippen LogP contribution in [0, 0.1) is 5.92 Å². The Morgan fingerprint density at radius 3 is 2.58 bits per heavy atom. The van der Waals surface area contributed by atoms with E-state index < -0.39 is 0 Å². The smallest absolute Gasteiger partial charge is 0.237 e. The van der Waals surface area contributed by atoms with Gasteiger partial charge in [0.1, 0.15) is 0 Å². The van der Waals surface area contributed by atoms with E-state index in [0.717, 1.165) is 38.9 Å². The minimum Gasteiger partial charge on any atom is -0.354 e. The molecule has 1 aliphatic carbocycles. The summed E-state index contributed by atoms with van der Waals surface area (Å²) in [5.41, 5.74) is 1.50. The van der Waals surface area contributed by atoms with Gasteiger partial charge in [0, 0.05) is 26.6 Å². The molecular weight excluding hydrogens is 302 g/mol. The van der Waals surface area contributed by atoms with Crippen molar-refractivity contribution in [2.75, 3.05) is 33.7 Å². The second-order valence-corrected chi connectivity index (χ2v) is 7.37. The summed E-state index contributed by atoms with van der Waals surface area (Å²) in [5, 5.41) is 3.08. The van der Waals surface area contributed by atoms with E-state index in [0.29, 0.717) is 0 Å². The van der Waals surface area contributed by atoms with Crippen molar-refractivity contribution in [1.29, 1.82) is 0 Å². The molecule has 1 atom stereocenters. The van der Waals surface area contributed by atoms with Crippen molar-refractivity contribution in [2.24, 2.45) is 5.92 Å². The lowest BCUT2D eigenvalue weighted by Crippen LogP contribution is -2.49. The van der Waals surface area contributed by atoms with Crippen LogP contribution in [0.2, 0.25) is 0 Å².